The lowest BCUT2D eigenvalue weighted by Crippen LogP contribution is -2.44. The summed E-state index contributed by atoms with van der Waals surface area (Å²) in [4.78, 5) is 14.1. The summed E-state index contributed by atoms with van der Waals surface area (Å²) in [5.41, 5.74) is 6.15. The lowest BCUT2D eigenvalue weighted by Gasteiger charge is -2.29. The standard InChI is InChI=1S/C13H27N3O/c1-15-9-10-16(2)13(17)11-7-5-3-4-6-8-12(11)14/h11-12,15H,3-10,14H2,1-2H3. The third-order valence-corrected chi connectivity index (χ3v) is 3.71. The second-order valence-electron chi connectivity index (χ2n) is 5.13. The molecule has 0 radical (unpaired) electrons. The fourth-order valence-electron chi connectivity index (χ4n) is 2.49. The highest BCUT2D eigenvalue weighted by atomic mass is 16.2. The van der Waals surface area contributed by atoms with Crippen LogP contribution in [0.2, 0.25) is 0 Å². The summed E-state index contributed by atoms with van der Waals surface area (Å²) < 4.78 is 0. The van der Waals surface area contributed by atoms with Crippen molar-refractivity contribution in [1.29, 1.82) is 0 Å². The van der Waals surface area contributed by atoms with Crippen LogP contribution in [0.1, 0.15) is 38.5 Å². The molecule has 0 aromatic rings. The fourth-order valence-corrected chi connectivity index (χ4v) is 2.49. The summed E-state index contributed by atoms with van der Waals surface area (Å²) >= 11 is 0. The molecule has 2 atom stereocenters. The van der Waals surface area contributed by atoms with E-state index in [0.717, 1.165) is 32.4 Å². The van der Waals surface area contributed by atoms with Gasteiger partial charge in [0.2, 0.25) is 5.91 Å². The highest BCUT2D eigenvalue weighted by Crippen LogP contribution is 2.23. The number of nitrogens with one attached hydrogen (secondary N) is 1. The van der Waals surface area contributed by atoms with E-state index in [2.05, 4.69) is 5.32 Å². The summed E-state index contributed by atoms with van der Waals surface area (Å²) in [6.45, 7) is 1.60. The first-order valence-electron chi connectivity index (χ1n) is 6.82. The minimum absolute atomic E-state index is 0.0390. The molecule has 1 fully saturated rings. The number of nitrogens with two attached hydrogens (primary N) is 1. The van der Waals surface area contributed by atoms with E-state index in [1.54, 1.807) is 0 Å². The topological polar surface area (TPSA) is 58.4 Å². The Hall–Kier alpha value is -0.610. The molecular weight excluding hydrogens is 214 g/mol. The second-order valence-corrected chi connectivity index (χ2v) is 5.13. The minimum atomic E-state index is 0.0390. The third-order valence-electron chi connectivity index (χ3n) is 3.71. The first kappa shape index (κ1) is 14.5. The van der Waals surface area contributed by atoms with Gasteiger partial charge in [-0.25, -0.2) is 0 Å². The van der Waals surface area contributed by atoms with E-state index >= 15 is 0 Å². The molecule has 1 aliphatic carbocycles. The maximum absolute atomic E-state index is 12.3. The minimum Gasteiger partial charge on any atom is -0.344 e. The Bertz CT molecular complexity index is 233. The molecule has 0 aromatic heterocycles. The lowest BCUT2D eigenvalue weighted by atomic mass is 9.86. The summed E-state index contributed by atoms with van der Waals surface area (Å²) in [6.07, 6.45) is 6.79. The van der Waals surface area contributed by atoms with Crippen molar-refractivity contribution in [1.82, 2.24) is 10.2 Å². The Morgan fingerprint density at radius 1 is 1.29 bits per heavy atom. The number of likely N-dealkylation sites (N-methyl/N-ethyl adjacent to an activating group) is 2. The molecule has 3 N–H and O–H groups in total. The van der Waals surface area contributed by atoms with Gasteiger partial charge in [0.15, 0.2) is 0 Å². The van der Waals surface area contributed by atoms with Crippen molar-refractivity contribution < 1.29 is 4.79 Å². The van der Waals surface area contributed by atoms with E-state index in [9.17, 15) is 4.79 Å². The van der Waals surface area contributed by atoms with Gasteiger partial charge in [0.25, 0.3) is 0 Å². The molecule has 4 heteroatoms. The Morgan fingerprint density at radius 2 is 1.94 bits per heavy atom. The Kier molecular flexibility index (Phi) is 6.52. The molecule has 0 aromatic carbocycles. The maximum atomic E-state index is 12.3. The second kappa shape index (κ2) is 7.67. The molecule has 4 nitrogen and oxygen atoms in total. The fraction of sp³-hybridized carbons (Fsp3) is 0.923. The summed E-state index contributed by atoms with van der Waals surface area (Å²) in [5, 5.41) is 3.06. The van der Waals surface area contributed by atoms with Gasteiger partial charge in [-0.2, -0.15) is 0 Å². The lowest BCUT2D eigenvalue weighted by molar-refractivity contribution is -0.135. The summed E-state index contributed by atoms with van der Waals surface area (Å²) in [6, 6.07) is 0.0554. The Labute approximate surface area is 105 Å². The van der Waals surface area contributed by atoms with Crippen molar-refractivity contribution in [2.24, 2.45) is 11.7 Å². The van der Waals surface area contributed by atoms with Crippen LogP contribution in [-0.4, -0.2) is 44.0 Å². The molecule has 0 bridgehead atoms. The van der Waals surface area contributed by atoms with Gasteiger partial charge in [0.05, 0.1) is 5.92 Å². The highest BCUT2D eigenvalue weighted by molar-refractivity contribution is 5.79. The molecular formula is C13H27N3O. The molecule has 0 aliphatic heterocycles. The predicted octanol–water partition coefficient (Wildman–Crippen LogP) is 0.962. The average Bonchev–Trinajstić information content (AvgIpc) is 2.30. The van der Waals surface area contributed by atoms with Crippen LogP contribution >= 0.6 is 0 Å². The normalized spacial score (nSPS) is 26.1. The molecule has 100 valence electrons. The van der Waals surface area contributed by atoms with Gasteiger partial charge in [0, 0.05) is 26.2 Å². The van der Waals surface area contributed by atoms with Crippen molar-refractivity contribution in [2.75, 3.05) is 27.2 Å². The van der Waals surface area contributed by atoms with E-state index in [4.69, 9.17) is 5.73 Å². The van der Waals surface area contributed by atoms with E-state index in [0.29, 0.717) is 0 Å². The quantitative estimate of drug-likeness (QED) is 0.771. The molecule has 0 spiro atoms. The molecule has 2 unspecified atom stereocenters. The summed E-state index contributed by atoms with van der Waals surface area (Å²) in [7, 11) is 3.78. The molecule has 0 heterocycles. The number of rotatable bonds is 4. The molecule has 1 rings (SSSR count). The zero-order chi connectivity index (χ0) is 12.7. The van der Waals surface area contributed by atoms with Crippen LogP contribution in [0.15, 0.2) is 0 Å². The molecule has 1 amide bonds. The maximum Gasteiger partial charge on any atom is 0.227 e. The van der Waals surface area contributed by atoms with Crippen LogP contribution in [-0.2, 0) is 4.79 Å². The number of hydrogen-bond donors (Lipinski definition) is 2. The van der Waals surface area contributed by atoms with Gasteiger partial charge in [-0.05, 0) is 19.9 Å². The van der Waals surface area contributed by atoms with E-state index < -0.39 is 0 Å². The van der Waals surface area contributed by atoms with Crippen molar-refractivity contribution in [3.8, 4) is 0 Å². The van der Waals surface area contributed by atoms with Crippen molar-refractivity contribution in [3.63, 3.8) is 0 Å². The molecule has 0 saturated heterocycles. The van der Waals surface area contributed by atoms with Crippen molar-refractivity contribution in [2.45, 2.75) is 44.6 Å². The van der Waals surface area contributed by atoms with E-state index in [1.165, 1.54) is 19.3 Å². The summed E-state index contributed by atoms with van der Waals surface area (Å²) in [5.74, 6) is 0.270. The zero-order valence-electron chi connectivity index (χ0n) is 11.2. The number of amides is 1. The van der Waals surface area contributed by atoms with Crippen LogP contribution in [0.3, 0.4) is 0 Å². The van der Waals surface area contributed by atoms with Crippen LogP contribution in [0.25, 0.3) is 0 Å². The monoisotopic (exact) mass is 241 g/mol. The number of carbonyl (C=O) groups excluding carboxylic acids is 1. The van der Waals surface area contributed by atoms with Crippen molar-refractivity contribution >= 4 is 5.91 Å². The van der Waals surface area contributed by atoms with Gasteiger partial charge < -0.3 is 16.0 Å². The SMILES string of the molecule is CNCCN(C)C(=O)C1CCCCCCC1N. The Balaban J connectivity index is 2.51. The molecule has 1 saturated carbocycles. The molecule has 1 aliphatic rings. The smallest absolute Gasteiger partial charge is 0.227 e. The van der Waals surface area contributed by atoms with E-state index in [1.807, 2.05) is 19.0 Å². The van der Waals surface area contributed by atoms with Gasteiger partial charge >= 0.3 is 0 Å². The third kappa shape index (κ3) is 4.64. The molecule has 17 heavy (non-hydrogen) atoms. The van der Waals surface area contributed by atoms with Gasteiger partial charge in [-0.15, -0.1) is 0 Å². The number of nitrogens with zero attached hydrogens (tertiary/aromatic N) is 1. The first-order valence-corrected chi connectivity index (χ1v) is 6.82. The van der Waals surface area contributed by atoms with Crippen LogP contribution < -0.4 is 11.1 Å². The van der Waals surface area contributed by atoms with Crippen LogP contribution in [0.5, 0.6) is 0 Å². The van der Waals surface area contributed by atoms with E-state index in [-0.39, 0.29) is 17.9 Å². The highest BCUT2D eigenvalue weighted by Gasteiger charge is 2.28. The first-order chi connectivity index (χ1) is 8.16. The van der Waals surface area contributed by atoms with Gasteiger partial charge in [-0.1, -0.05) is 25.7 Å². The number of carbonyl (C=O) groups is 1. The average molecular weight is 241 g/mol. The van der Waals surface area contributed by atoms with Crippen molar-refractivity contribution in [3.05, 3.63) is 0 Å². The van der Waals surface area contributed by atoms with Crippen LogP contribution in [0.4, 0.5) is 0 Å². The van der Waals surface area contributed by atoms with Crippen LogP contribution in [0, 0.1) is 5.92 Å². The van der Waals surface area contributed by atoms with Gasteiger partial charge in [0.1, 0.15) is 0 Å². The Morgan fingerprint density at radius 3 is 2.59 bits per heavy atom. The zero-order valence-corrected chi connectivity index (χ0v) is 11.2. The predicted molar refractivity (Wildman–Crippen MR) is 70.7 cm³/mol. The van der Waals surface area contributed by atoms with Gasteiger partial charge in [-0.3, -0.25) is 4.79 Å². The largest absolute Gasteiger partial charge is 0.344 e. The number of hydrogen-bond acceptors (Lipinski definition) is 3.